The molecule has 0 aromatic carbocycles. The molecule has 0 aromatic rings. The van der Waals surface area contributed by atoms with Gasteiger partial charge in [-0.05, 0) is 30.1 Å². The monoisotopic (exact) mass is 275 g/mol. The van der Waals surface area contributed by atoms with Crippen LogP contribution in [0.3, 0.4) is 0 Å². The molecule has 4 fully saturated rings. The minimum absolute atomic E-state index is 0.00671. The van der Waals surface area contributed by atoms with Crippen LogP contribution in [0.2, 0.25) is 0 Å². The minimum atomic E-state index is -0.784. The number of hydrogen-bond acceptors (Lipinski definition) is 4. The van der Waals surface area contributed by atoms with Crippen LogP contribution in [-0.2, 0) is 9.53 Å². The number of fused-ring (bicyclic) bond motifs is 6. The predicted molar refractivity (Wildman–Crippen MR) is 68.4 cm³/mol. The van der Waals surface area contributed by atoms with Crippen LogP contribution in [-0.4, -0.2) is 28.5 Å². The highest BCUT2D eigenvalue weighted by molar-refractivity contribution is 5.97. The predicted octanol–water partition coefficient (Wildman–Crippen LogP) is 1.45. The molecular formula is C15H17NO4. The van der Waals surface area contributed by atoms with Gasteiger partial charge in [-0.25, -0.2) is 0 Å². The molecule has 20 heavy (non-hydrogen) atoms. The zero-order valence-corrected chi connectivity index (χ0v) is 11.3. The molecule has 0 N–H and O–H groups in total. The molecule has 0 radical (unpaired) electrons. The van der Waals surface area contributed by atoms with Crippen molar-refractivity contribution in [1.82, 2.24) is 0 Å². The van der Waals surface area contributed by atoms with E-state index in [4.69, 9.17) is 4.74 Å². The Balaban J connectivity index is 1.65. The Bertz CT molecular complexity index is 572. The summed E-state index contributed by atoms with van der Waals surface area (Å²) in [5, 5.41) is 11.5. The SMILES string of the molecule is CC1CC([N+](=O)[O-])C2C3C4C=CC(C4)C3C(=O)C23OC13. The summed E-state index contributed by atoms with van der Waals surface area (Å²) in [6, 6.07) is -0.601. The summed E-state index contributed by atoms with van der Waals surface area (Å²) < 4.78 is 5.87. The lowest BCUT2D eigenvalue weighted by Crippen LogP contribution is -2.49. The number of hydrogen-bond donors (Lipinski definition) is 0. The standard InChI is InChI=1S/C15H17NO4/c1-6-4-9(16(18)19)12-10-7-2-3-8(5-7)11(10)13(17)15(12)14(6)20-15/h2-3,6-12,14H,4-5H2,1H3. The van der Waals surface area contributed by atoms with Crippen molar-refractivity contribution >= 4 is 5.78 Å². The zero-order chi connectivity index (χ0) is 13.8. The second-order valence-electron chi connectivity index (χ2n) is 7.34. The number of epoxide rings is 1. The summed E-state index contributed by atoms with van der Waals surface area (Å²) in [5.74, 6) is 0.946. The highest BCUT2D eigenvalue weighted by atomic mass is 16.6. The molecule has 9 unspecified atom stereocenters. The van der Waals surface area contributed by atoms with E-state index in [1.165, 1.54) is 0 Å². The molecule has 4 aliphatic carbocycles. The average Bonchev–Trinajstić information content (AvgIpc) is 2.71. The third-order valence-corrected chi connectivity index (χ3v) is 6.62. The third-order valence-electron chi connectivity index (χ3n) is 6.62. The molecule has 9 atom stereocenters. The number of nitrogens with zero attached hydrogens (tertiary/aromatic N) is 1. The highest BCUT2D eigenvalue weighted by Crippen LogP contribution is 2.69. The van der Waals surface area contributed by atoms with E-state index in [9.17, 15) is 14.9 Å². The first-order valence-corrected chi connectivity index (χ1v) is 7.59. The minimum Gasteiger partial charge on any atom is -0.357 e. The van der Waals surface area contributed by atoms with Crippen molar-refractivity contribution in [1.29, 1.82) is 0 Å². The molecule has 1 saturated heterocycles. The quantitative estimate of drug-likeness (QED) is 0.314. The Morgan fingerprint density at radius 1 is 1.35 bits per heavy atom. The fraction of sp³-hybridized carbons (Fsp3) is 0.800. The smallest absolute Gasteiger partial charge is 0.219 e. The van der Waals surface area contributed by atoms with Crippen LogP contribution >= 0.6 is 0 Å². The van der Waals surface area contributed by atoms with Gasteiger partial charge in [-0.3, -0.25) is 14.9 Å². The molecule has 5 aliphatic rings. The average molecular weight is 275 g/mol. The largest absolute Gasteiger partial charge is 0.357 e. The van der Waals surface area contributed by atoms with E-state index in [0.717, 1.165) is 6.42 Å². The third kappa shape index (κ3) is 0.994. The Labute approximate surface area is 116 Å². The summed E-state index contributed by atoms with van der Waals surface area (Å²) in [5.41, 5.74) is -0.784. The fourth-order valence-corrected chi connectivity index (χ4v) is 6.02. The second kappa shape index (κ2) is 3.16. The lowest BCUT2D eigenvalue weighted by molar-refractivity contribution is -0.539. The van der Waals surface area contributed by atoms with Crippen LogP contribution in [0.1, 0.15) is 19.8 Å². The summed E-state index contributed by atoms with van der Waals surface area (Å²) in [6.07, 6.45) is 5.85. The molecule has 5 nitrogen and oxygen atoms in total. The first-order valence-electron chi connectivity index (χ1n) is 7.59. The number of Topliss-reactive ketones (excluding diaryl/α,β-unsaturated/α-hetero) is 1. The Hall–Kier alpha value is -1.23. The number of carbonyl (C=O) groups is 1. The molecule has 5 rings (SSSR count). The zero-order valence-electron chi connectivity index (χ0n) is 11.3. The van der Waals surface area contributed by atoms with Gasteiger partial charge in [-0.2, -0.15) is 0 Å². The summed E-state index contributed by atoms with van der Waals surface area (Å²) in [4.78, 5) is 24.3. The molecule has 1 spiro atoms. The van der Waals surface area contributed by atoms with E-state index in [-0.39, 0.29) is 40.5 Å². The van der Waals surface area contributed by atoms with Crippen molar-refractivity contribution in [3.8, 4) is 0 Å². The summed E-state index contributed by atoms with van der Waals surface area (Å²) in [6.45, 7) is 1.99. The maximum atomic E-state index is 12.9. The number of allylic oxidation sites excluding steroid dienone is 2. The van der Waals surface area contributed by atoms with E-state index in [1.807, 2.05) is 6.92 Å². The van der Waals surface area contributed by atoms with Crippen molar-refractivity contribution in [2.24, 2.45) is 35.5 Å². The molecule has 1 heterocycles. The lowest BCUT2D eigenvalue weighted by Gasteiger charge is -2.32. The van der Waals surface area contributed by atoms with Crippen LogP contribution in [0.4, 0.5) is 0 Å². The second-order valence-corrected chi connectivity index (χ2v) is 7.34. The number of carbonyl (C=O) groups excluding carboxylic acids is 1. The molecule has 0 aromatic heterocycles. The number of nitro groups is 1. The van der Waals surface area contributed by atoms with Gasteiger partial charge in [0, 0.05) is 17.3 Å². The lowest BCUT2D eigenvalue weighted by atomic mass is 9.68. The first-order chi connectivity index (χ1) is 9.55. The van der Waals surface area contributed by atoms with Gasteiger partial charge >= 0.3 is 0 Å². The van der Waals surface area contributed by atoms with Gasteiger partial charge in [-0.1, -0.05) is 19.1 Å². The maximum absolute atomic E-state index is 12.9. The van der Waals surface area contributed by atoms with Crippen molar-refractivity contribution in [3.63, 3.8) is 0 Å². The molecular weight excluding hydrogens is 258 g/mol. The van der Waals surface area contributed by atoms with Crippen molar-refractivity contribution in [2.75, 3.05) is 0 Å². The van der Waals surface area contributed by atoms with Gasteiger partial charge in [0.05, 0.1) is 12.0 Å². The number of ether oxygens (including phenoxy) is 1. The van der Waals surface area contributed by atoms with Crippen LogP contribution in [0.25, 0.3) is 0 Å². The van der Waals surface area contributed by atoms with Gasteiger partial charge < -0.3 is 4.74 Å². The van der Waals surface area contributed by atoms with Crippen LogP contribution in [0, 0.1) is 45.6 Å². The molecule has 1 aliphatic heterocycles. The molecule has 3 saturated carbocycles. The normalized spacial score (nSPS) is 61.1. The summed E-state index contributed by atoms with van der Waals surface area (Å²) in [7, 11) is 0. The van der Waals surface area contributed by atoms with Crippen molar-refractivity contribution in [2.45, 2.75) is 37.5 Å². The van der Waals surface area contributed by atoms with Gasteiger partial charge in [0.25, 0.3) is 0 Å². The number of ketones is 1. The van der Waals surface area contributed by atoms with Crippen molar-refractivity contribution in [3.05, 3.63) is 22.3 Å². The highest BCUT2D eigenvalue weighted by Gasteiger charge is 2.83. The Morgan fingerprint density at radius 2 is 2.10 bits per heavy atom. The van der Waals surface area contributed by atoms with Crippen LogP contribution in [0.15, 0.2) is 12.2 Å². The van der Waals surface area contributed by atoms with E-state index in [2.05, 4.69) is 12.2 Å². The van der Waals surface area contributed by atoms with E-state index in [0.29, 0.717) is 18.3 Å². The van der Waals surface area contributed by atoms with Crippen molar-refractivity contribution < 1.29 is 14.5 Å². The van der Waals surface area contributed by atoms with E-state index in [1.54, 1.807) is 0 Å². The topological polar surface area (TPSA) is 72.7 Å². The van der Waals surface area contributed by atoms with Gasteiger partial charge in [0.15, 0.2) is 11.4 Å². The van der Waals surface area contributed by atoms with Crippen LogP contribution in [0.5, 0.6) is 0 Å². The van der Waals surface area contributed by atoms with Crippen LogP contribution < -0.4 is 0 Å². The van der Waals surface area contributed by atoms with Gasteiger partial charge in [0.1, 0.15) is 0 Å². The molecule has 0 amide bonds. The molecule has 106 valence electrons. The maximum Gasteiger partial charge on any atom is 0.219 e. The number of rotatable bonds is 1. The first kappa shape index (κ1) is 11.4. The molecule has 2 bridgehead atoms. The Kier molecular flexibility index (Phi) is 1.81. The van der Waals surface area contributed by atoms with E-state index < -0.39 is 11.6 Å². The fourth-order valence-electron chi connectivity index (χ4n) is 6.02. The van der Waals surface area contributed by atoms with Gasteiger partial charge in [-0.15, -0.1) is 0 Å². The van der Waals surface area contributed by atoms with Gasteiger partial charge in [0.2, 0.25) is 6.04 Å². The Morgan fingerprint density at radius 3 is 2.85 bits per heavy atom. The summed E-state index contributed by atoms with van der Waals surface area (Å²) >= 11 is 0. The van der Waals surface area contributed by atoms with E-state index >= 15 is 0 Å². The molecule has 5 heteroatoms.